The Hall–Kier alpha value is -2.28. The Morgan fingerprint density at radius 2 is 1.93 bits per heavy atom. The molecule has 0 saturated carbocycles. The van der Waals surface area contributed by atoms with Crippen LogP contribution < -0.4 is 10.6 Å². The second-order valence-electron chi connectivity index (χ2n) is 6.52. The summed E-state index contributed by atoms with van der Waals surface area (Å²) < 4.78 is 34.9. The maximum absolute atomic E-state index is 12.8. The van der Waals surface area contributed by atoms with E-state index in [4.69, 9.17) is 4.74 Å². The lowest BCUT2D eigenvalue weighted by molar-refractivity contribution is -0.139. The number of imidazole rings is 1. The second kappa shape index (κ2) is 10.2. The monoisotopic (exact) mass is 499 g/mol. The number of aryl methyl sites for hydroxylation is 1. The molecular weight excluding hydrogens is 478 g/mol. The molecule has 10 nitrogen and oxygen atoms in total. The fourth-order valence-electron chi connectivity index (χ4n) is 2.91. The van der Waals surface area contributed by atoms with Gasteiger partial charge in [0.05, 0.1) is 24.4 Å². The summed E-state index contributed by atoms with van der Waals surface area (Å²) in [7, 11) is -3.78. The van der Waals surface area contributed by atoms with Crippen molar-refractivity contribution in [2.75, 3.05) is 26.2 Å². The quantitative estimate of drug-likeness (QED) is 0.398. The van der Waals surface area contributed by atoms with Crippen LogP contribution in [0.3, 0.4) is 0 Å². The van der Waals surface area contributed by atoms with E-state index >= 15 is 0 Å². The minimum atomic E-state index is -3.78. The highest BCUT2D eigenvalue weighted by Crippen LogP contribution is 2.23. The van der Waals surface area contributed by atoms with Gasteiger partial charge in [0.2, 0.25) is 10.0 Å². The summed E-state index contributed by atoms with van der Waals surface area (Å²) in [5.41, 5.74) is 0. The Balaban J connectivity index is 1.47. The summed E-state index contributed by atoms with van der Waals surface area (Å²) in [6.45, 7) is 1.24. The van der Waals surface area contributed by atoms with Gasteiger partial charge >= 0.3 is 11.8 Å². The molecule has 2 N–H and O–H groups in total. The standard InChI is InChI=1S/C18H22BrN5O5S/c19-14-2-4-15(5-3-14)30(27,28)24-10-11-29-16(24)12-22-18(26)17(25)21-6-1-8-23-9-7-20-13-23/h2-5,7,9,13,16H,1,6,8,10-12H2,(H,21,25)(H,22,26)/t16-/m1/s1. The van der Waals surface area contributed by atoms with Gasteiger partial charge in [0.15, 0.2) is 0 Å². The van der Waals surface area contributed by atoms with Crippen LogP contribution in [0.5, 0.6) is 0 Å². The number of carbonyl (C=O) groups excluding carboxylic acids is 2. The molecule has 1 atom stereocenters. The van der Waals surface area contributed by atoms with E-state index in [0.717, 1.165) is 4.47 Å². The third kappa shape index (κ3) is 5.65. The summed E-state index contributed by atoms with van der Waals surface area (Å²) in [5.74, 6) is -1.62. The normalized spacial score (nSPS) is 17.0. The number of nitrogens with one attached hydrogen (secondary N) is 2. The molecule has 0 unspecified atom stereocenters. The molecule has 12 heteroatoms. The van der Waals surface area contributed by atoms with Crippen LogP contribution in [0.25, 0.3) is 0 Å². The van der Waals surface area contributed by atoms with Gasteiger partial charge in [-0.25, -0.2) is 13.4 Å². The number of hydrogen-bond acceptors (Lipinski definition) is 6. The molecule has 0 radical (unpaired) electrons. The number of ether oxygens (including phenoxy) is 1. The maximum atomic E-state index is 12.8. The van der Waals surface area contributed by atoms with E-state index in [2.05, 4.69) is 31.5 Å². The molecule has 1 aromatic heterocycles. The Kier molecular flexibility index (Phi) is 7.58. The fourth-order valence-corrected chi connectivity index (χ4v) is 4.68. The average molecular weight is 500 g/mol. The second-order valence-corrected chi connectivity index (χ2v) is 9.32. The number of nitrogens with zero attached hydrogens (tertiary/aromatic N) is 3. The van der Waals surface area contributed by atoms with Crippen LogP contribution >= 0.6 is 15.9 Å². The number of rotatable bonds is 8. The van der Waals surface area contributed by atoms with Gasteiger partial charge < -0.3 is 19.9 Å². The molecule has 3 rings (SSSR count). The summed E-state index contributed by atoms with van der Waals surface area (Å²) >= 11 is 3.27. The van der Waals surface area contributed by atoms with Crippen molar-refractivity contribution >= 4 is 37.8 Å². The fraction of sp³-hybridized carbons (Fsp3) is 0.389. The van der Waals surface area contributed by atoms with E-state index in [0.29, 0.717) is 19.5 Å². The smallest absolute Gasteiger partial charge is 0.309 e. The lowest BCUT2D eigenvalue weighted by Gasteiger charge is -2.22. The molecule has 1 aromatic carbocycles. The van der Waals surface area contributed by atoms with E-state index in [1.165, 1.54) is 16.4 Å². The zero-order chi connectivity index (χ0) is 21.6. The first kappa shape index (κ1) is 22.4. The van der Waals surface area contributed by atoms with Crippen molar-refractivity contribution < 1.29 is 22.7 Å². The van der Waals surface area contributed by atoms with Crippen molar-refractivity contribution in [3.05, 3.63) is 47.5 Å². The van der Waals surface area contributed by atoms with E-state index < -0.39 is 28.1 Å². The zero-order valence-electron chi connectivity index (χ0n) is 16.0. The Morgan fingerprint density at radius 3 is 2.63 bits per heavy atom. The first-order valence-electron chi connectivity index (χ1n) is 9.29. The number of benzene rings is 1. The molecular formula is C18H22BrN5O5S. The lowest BCUT2D eigenvalue weighted by Crippen LogP contribution is -2.47. The number of aromatic nitrogens is 2. The van der Waals surface area contributed by atoms with Gasteiger partial charge in [0, 0.05) is 36.5 Å². The van der Waals surface area contributed by atoms with Crippen LogP contribution in [0, 0.1) is 0 Å². The third-order valence-corrected chi connectivity index (χ3v) is 6.88. The summed E-state index contributed by atoms with van der Waals surface area (Å²) in [5, 5.41) is 4.97. The SMILES string of the molecule is O=C(NCCCn1ccnc1)C(=O)NC[C@H]1OCCN1S(=O)(=O)c1ccc(Br)cc1. The van der Waals surface area contributed by atoms with Crippen molar-refractivity contribution in [1.82, 2.24) is 24.5 Å². The zero-order valence-corrected chi connectivity index (χ0v) is 18.4. The number of amides is 2. The molecule has 162 valence electrons. The Morgan fingerprint density at radius 1 is 1.20 bits per heavy atom. The molecule has 0 spiro atoms. The molecule has 30 heavy (non-hydrogen) atoms. The van der Waals surface area contributed by atoms with Crippen molar-refractivity contribution in [3.63, 3.8) is 0 Å². The summed E-state index contributed by atoms with van der Waals surface area (Å²) in [4.78, 5) is 28.0. The van der Waals surface area contributed by atoms with Gasteiger partial charge in [-0.15, -0.1) is 0 Å². The van der Waals surface area contributed by atoms with E-state index in [-0.39, 0.29) is 24.6 Å². The van der Waals surface area contributed by atoms with Crippen LogP contribution in [-0.2, 0) is 30.9 Å². The lowest BCUT2D eigenvalue weighted by atomic mass is 10.4. The van der Waals surface area contributed by atoms with Gasteiger partial charge in [-0.3, -0.25) is 9.59 Å². The van der Waals surface area contributed by atoms with Gasteiger partial charge in [-0.1, -0.05) is 15.9 Å². The molecule has 2 aromatic rings. The van der Waals surface area contributed by atoms with E-state index in [1.807, 2.05) is 10.8 Å². The first-order chi connectivity index (χ1) is 14.4. The summed E-state index contributed by atoms with van der Waals surface area (Å²) in [6, 6.07) is 6.25. The highest BCUT2D eigenvalue weighted by molar-refractivity contribution is 9.10. The molecule has 1 fully saturated rings. The molecule has 0 bridgehead atoms. The average Bonchev–Trinajstić information content (AvgIpc) is 3.41. The van der Waals surface area contributed by atoms with Crippen LogP contribution in [-0.4, -0.2) is 66.6 Å². The highest BCUT2D eigenvalue weighted by Gasteiger charge is 2.36. The number of hydrogen-bond donors (Lipinski definition) is 2. The van der Waals surface area contributed by atoms with Gasteiger partial charge in [0.25, 0.3) is 0 Å². The van der Waals surface area contributed by atoms with Gasteiger partial charge in [0.1, 0.15) is 6.23 Å². The molecule has 2 amide bonds. The van der Waals surface area contributed by atoms with Crippen molar-refractivity contribution in [1.29, 1.82) is 0 Å². The maximum Gasteiger partial charge on any atom is 0.309 e. The minimum Gasteiger partial charge on any atom is -0.359 e. The molecule has 2 heterocycles. The van der Waals surface area contributed by atoms with Crippen LogP contribution in [0.15, 0.2) is 52.4 Å². The largest absolute Gasteiger partial charge is 0.359 e. The van der Waals surface area contributed by atoms with Crippen LogP contribution in [0.2, 0.25) is 0 Å². The van der Waals surface area contributed by atoms with Crippen molar-refractivity contribution in [2.24, 2.45) is 0 Å². The molecule has 0 aliphatic carbocycles. The predicted molar refractivity (Wildman–Crippen MR) is 111 cm³/mol. The summed E-state index contributed by atoms with van der Waals surface area (Å²) in [6.07, 6.45) is 4.91. The number of sulfonamides is 1. The number of halogens is 1. The van der Waals surface area contributed by atoms with E-state index in [1.54, 1.807) is 24.7 Å². The first-order valence-corrected chi connectivity index (χ1v) is 11.5. The molecule has 1 aliphatic rings. The number of carbonyl (C=O) groups is 2. The van der Waals surface area contributed by atoms with Gasteiger partial charge in [-0.05, 0) is 30.7 Å². The topological polar surface area (TPSA) is 123 Å². The molecule has 1 aliphatic heterocycles. The highest BCUT2D eigenvalue weighted by atomic mass is 79.9. The predicted octanol–water partition coefficient (Wildman–Crippen LogP) is 0.315. The van der Waals surface area contributed by atoms with Crippen molar-refractivity contribution in [3.8, 4) is 0 Å². The Labute approximate surface area is 182 Å². The van der Waals surface area contributed by atoms with E-state index in [9.17, 15) is 18.0 Å². The molecule has 1 saturated heterocycles. The minimum absolute atomic E-state index is 0.128. The van der Waals surface area contributed by atoms with Crippen molar-refractivity contribution in [2.45, 2.75) is 24.1 Å². The Bertz CT molecular complexity index is 965. The van der Waals surface area contributed by atoms with Crippen LogP contribution in [0.1, 0.15) is 6.42 Å². The van der Waals surface area contributed by atoms with Crippen LogP contribution in [0.4, 0.5) is 0 Å². The third-order valence-electron chi connectivity index (χ3n) is 4.44. The van der Waals surface area contributed by atoms with Gasteiger partial charge in [-0.2, -0.15) is 4.31 Å².